The van der Waals surface area contributed by atoms with E-state index in [4.69, 9.17) is 11.5 Å². The summed E-state index contributed by atoms with van der Waals surface area (Å²) >= 11 is 1.19. The van der Waals surface area contributed by atoms with Crippen LogP contribution in [-0.2, 0) is 17.6 Å². The van der Waals surface area contributed by atoms with E-state index in [2.05, 4.69) is 0 Å². The van der Waals surface area contributed by atoms with Gasteiger partial charge >= 0.3 is 0 Å². The topological polar surface area (TPSA) is 103 Å². The highest BCUT2D eigenvalue weighted by Crippen LogP contribution is 2.19. The number of ketones is 2. The Labute approximate surface area is 138 Å². The molecule has 0 fully saturated rings. The van der Waals surface area contributed by atoms with Crippen molar-refractivity contribution in [2.24, 2.45) is 11.5 Å². The van der Waals surface area contributed by atoms with Crippen LogP contribution in [0.3, 0.4) is 0 Å². The third-order valence-electron chi connectivity index (χ3n) is 3.38. The van der Waals surface area contributed by atoms with Crippen molar-refractivity contribution in [1.82, 2.24) is 0 Å². The van der Waals surface area contributed by atoms with Crippen molar-refractivity contribution in [2.75, 3.05) is 6.54 Å². The number of primary amides is 1. The van der Waals surface area contributed by atoms with Gasteiger partial charge in [0.05, 0.1) is 22.7 Å². The molecule has 23 heavy (non-hydrogen) atoms. The van der Waals surface area contributed by atoms with Crippen LogP contribution in [-0.4, -0.2) is 24.0 Å². The van der Waals surface area contributed by atoms with Crippen LogP contribution in [0.1, 0.15) is 36.9 Å². The van der Waals surface area contributed by atoms with E-state index < -0.39 is 0 Å². The van der Waals surface area contributed by atoms with E-state index in [1.807, 2.05) is 24.3 Å². The van der Waals surface area contributed by atoms with Crippen molar-refractivity contribution in [1.29, 1.82) is 0 Å². The third-order valence-corrected chi connectivity index (χ3v) is 4.55. The SMILES string of the molecule is NCC(=O)c1ccc(C(=O)CCc2ccc(CC(N)=O)cc2)s1. The van der Waals surface area contributed by atoms with Crippen molar-refractivity contribution < 1.29 is 14.4 Å². The Hall–Kier alpha value is -2.31. The van der Waals surface area contributed by atoms with E-state index >= 15 is 0 Å². The first-order valence-corrected chi connectivity index (χ1v) is 8.03. The molecule has 0 spiro atoms. The van der Waals surface area contributed by atoms with E-state index in [0.29, 0.717) is 22.6 Å². The Bertz CT molecular complexity index is 720. The summed E-state index contributed by atoms with van der Waals surface area (Å²) in [5, 5.41) is 0. The lowest BCUT2D eigenvalue weighted by atomic mass is 10.0. The maximum atomic E-state index is 12.2. The first-order chi connectivity index (χ1) is 11.0. The molecule has 0 aliphatic carbocycles. The molecular formula is C17H18N2O3S. The number of hydrogen-bond donors (Lipinski definition) is 2. The van der Waals surface area contributed by atoms with Crippen LogP contribution in [0.15, 0.2) is 36.4 Å². The molecule has 1 aromatic heterocycles. The number of thiophene rings is 1. The van der Waals surface area contributed by atoms with Crippen LogP contribution in [0.5, 0.6) is 0 Å². The molecule has 1 heterocycles. The molecule has 5 nitrogen and oxygen atoms in total. The van der Waals surface area contributed by atoms with Gasteiger partial charge in [0.15, 0.2) is 11.6 Å². The van der Waals surface area contributed by atoms with Gasteiger partial charge in [-0.05, 0) is 29.7 Å². The Morgan fingerprint density at radius 2 is 1.43 bits per heavy atom. The number of carbonyl (C=O) groups excluding carboxylic acids is 3. The van der Waals surface area contributed by atoms with Crippen LogP contribution in [0, 0.1) is 0 Å². The van der Waals surface area contributed by atoms with Crippen LogP contribution in [0.25, 0.3) is 0 Å². The second-order valence-corrected chi connectivity index (χ2v) is 6.26. The number of benzene rings is 1. The highest BCUT2D eigenvalue weighted by Gasteiger charge is 2.13. The molecule has 0 atom stereocenters. The zero-order chi connectivity index (χ0) is 16.8. The van der Waals surface area contributed by atoms with E-state index in [-0.39, 0.29) is 30.4 Å². The van der Waals surface area contributed by atoms with Gasteiger partial charge in [-0.15, -0.1) is 11.3 Å². The number of nitrogens with two attached hydrogens (primary N) is 2. The third kappa shape index (κ3) is 4.84. The number of amides is 1. The van der Waals surface area contributed by atoms with Crippen molar-refractivity contribution in [2.45, 2.75) is 19.3 Å². The number of carbonyl (C=O) groups is 3. The molecule has 0 aliphatic rings. The summed E-state index contributed by atoms with van der Waals surface area (Å²) in [6, 6.07) is 10.8. The lowest BCUT2D eigenvalue weighted by molar-refractivity contribution is -0.117. The summed E-state index contributed by atoms with van der Waals surface area (Å²) in [4.78, 5) is 35.6. The fourth-order valence-electron chi connectivity index (χ4n) is 2.14. The smallest absolute Gasteiger partial charge is 0.221 e. The molecule has 0 aliphatic heterocycles. The Kier molecular flexibility index (Phi) is 5.78. The minimum atomic E-state index is -0.367. The molecule has 0 radical (unpaired) electrons. The van der Waals surface area contributed by atoms with E-state index in [1.165, 1.54) is 11.3 Å². The molecule has 0 saturated heterocycles. The van der Waals surface area contributed by atoms with Gasteiger partial charge in [-0.25, -0.2) is 0 Å². The second kappa shape index (κ2) is 7.80. The van der Waals surface area contributed by atoms with Gasteiger partial charge in [0.2, 0.25) is 5.91 Å². The van der Waals surface area contributed by atoms with Gasteiger partial charge < -0.3 is 11.5 Å². The summed E-state index contributed by atoms with van der Waals surface area (Å²) in [7, 11) is 0. The fraction of sp³-hybridized carbons (Fsp3) is 0.235. The van der Waals surface area contributed by atoms with E-state index in [0.717, 1.165) is 11.1 Å². The van der Waals surface area contributed by atoms with Gasteiger partial charge in [-0.1, -0.05) is 24.3 Å². The van der Waals surface area contributed by atoms with Crippen LogP contribution in [0.4, 0.5) is 0 Å². The number of hydrogen-bond acceptors (Lipinski definition) is 5. The highest BCUT2D eigenvalue weighted by molar-refractivity contribution is 7.16. The van der Waals surface area contributed by atoms with Crippen molar-refractivity contribution >= 4 is 28.8 Å². The number of rotatable bonds is 8. The lowest BCUT2D eigenvalue weighted by Crippen LogP contribution is -2.13. The molecule has 120 valence electrons. The molecule has 2 aromatic rings. The summed E-state index contributed by atoms with van der Waals surface area (Å²) in [6.07, 6.45) is 1.19. The quantitative estimate of drug-likeness (QED) is 0.719. The van der Waals surface area contributed by atoms with E-state index in [9.17, 15) is 14.4 Å². The summed E-state index contributed by atoms with van der Waals surface area (Å²) in [6.45, 7) is -0.0498. The van der Waals surface area contributed by atoms with Crippen LogP contribution >= 0.6 is 11.3 Å². The molecule has 0 bridgehead atoms. The van der Waals surface area contributed by atoms with Gasteiger partial charge in [-0.3, -0.25) is 14.4 Å². The largest absolute Gasteiger partial charge is 0.369 e. The van der Waals surface area contributed by atoms with E-state index in [1.54, 1.807) is 12.1 Å². The predicted molar refractivity (Wildman–Crippen MR) is 89.7 cm³/mol. The van der Waals surface area contributed by atoms with Crippen LogP contribution < -0.4 is 11.5 Å². The standard InChI is InChI=1S/C17H18N2O3S/c18-10-14(21)16-8-7-15(23-16)13(20)6-5-11-1-3-12(4-2-11)9-17(19)22/h1-4,7-8H,5-6,9-10,18H2,(H2,19,22). The molecule has 6 heteroatoms. The molecular weight excluding hydrogens is 312 g/mol. The molecule has 1 aromatic carbocycles. The fourth-order valence-corrected chi connectivity index (χ4v) is 3.07. The first kappa shape index (κ1) is 17.1. The zero-order valence-electron chi connectivity index (χ0n) is 12.6. The molecule has 4 N–H and O–H groups in total. The normalized spacial score (nSPS) is 10.5. The van der Waals surface area contributed by atoms with Gasteiger partial charge in [0.25, 0.3) is 0 Å². The molecule has 1 amide bonds. The Morgan fingerprint density at radius 3 is 2.00 bits per heavy atom. The maximum absolute atomic E-state index is 12.2. The maximum Gasteiger partial charge on any atom is 0.221 e. The van der Waals surface area contributed by atoms with Crippen molar-refractivity contribution in [3.63, 3.8) is 0 Å². The molecule has 0 saturated carbocycles. The highest BCUT2D eigenvalue weighted by atomic mass is 32.1. The summed E-state index contributed by atoms with van der Waals surface area (Å²) in [5.74, 6) is -0.514. The average molecular weight is 330 g/mol. The number of Topliss-reactive ketones (excluding diaryl/α,β-unsaturated/α-hetero) is 2. The minimum absolute atomic E-state index is 0.00674. The second-order valence-electron chi connectivity index (χ2n) is 5.17. The molecule has 2 rings (SSSR count). The van der Waals surface area contributed by atoms with Gasteiger partial charge in [-0.2, -0.15) is 0 Å². The van der Waals surface area contributed by atoms with Crippen molar-refractivity contribution in [3.05, 3.63) is 57.3 Å². The number of aryl methyl sites for hydroxylation is 1. The lowest BCUT2D eigenvalue weighted by Gasteiger charge is -2.02. The monoisotopic (exact) mass is 330 g/mol. The van der Waals surface area contributed by atoms with Crippen molar-refractivity contribution in [3.8, 4) is 0 Å². The average Bonchev–Trinajstić information content (AvgIpc) is 3.02. The minimum Gasteiger partial charge on any atom is -0.369 e. The first-order valence-electron chi connectivity index (χ1n) is 7.22. The summed E-state index contributed by atoms with van der Waals surface area (Å²) < 4.78 is 0. The predicted octanol–water partition coefficient (Wildman–Crippen LogP) is 1.73. The Morgan fingerprint density at radius 1 is 0.870 bits per heavy atom. The Balaban J connectivity index is 1.92. The van der Waals surface area contributed by atoms with Crippen LogP contribution in [0.2, 0.25) is 0 Å². The van der Waals surface area contributed by atoms with Gasteiger partial charge in [0.1, 0.15) is 0 Å². The summed E-state index contributed by atoms with van der Waals surface area (Å²) in [5.41, 5.74) is 12.3. The molecule has 0 unspecified atom stereocenters. The van der Waals surface area contributed by atoms with Gasteiger partial charge in [0, 0.05) is 6.42 Å². The zero-order valence-corrected chi connectivity index (χ0v) is 13.4.